The molecule has 2 saturated heterocycles. The van der Waals surface area contributed by atoms with Crippen LogP contribution in [0.2, 0.25) is 0 Å². The van der Waals surface area contributed by atoms with Gasteiger partial charge in [-0.3, -0.25) is 4.90 Å². The Bertz CT molecular complexity index is 571. The van der Waals surface area contributed by atoms with Crippen molar-refractivity contribution in [1.29, 1.82) is 0 Å². The number of rotatable bonds is 4. The third kappa shape index (κ3) is 10.9. The largest absolute Gasteiger partial charge is 0.309 e. The van der Waals surface area contributed by atoms with Gasteiger partial charge in [0, 0.05) is 29.7 Å². The summed E-state index contributed by atoms with van der Waals surface area (Å²) in [4.78, 5) is 4.97. The fourth-order valence-corrected chi connectivity index (χ4v) is 4.45. The normalized spacial score (nSPS) is 20.6. The molecule has 0 amide bonds. The van der Waals surface area contributed by atoms with Crippen molar-refractivity contribution in [1.82, 2.24) is 20.4 Å². The summed E-state index contributed by atoms with van der Waals surface area (Å²) < 4.78 is 0. The van der Waals surface area contributed by atoms with E-state index in [4.69, 9.17) is 0 Å². The van der Waals surface area contributed by atoms with Crippen LogP contribution in [0.3, 0.4) is 0 Å². The van der Waals surface area contributed by atoms with Crippen molar-refractivity contribution < 1.29 is 0 Å². The van der Waals surface area contributed by atoms with Crippen molar-refractivity contribution in [2.75, 3.05) is 33.2 Å². The molecule has 2 aliphatic rings. The number of benzene rings is 1. The van der Waals surface area contributed by atoms with Crippen molar-refractivity contribution in [2.45, 2.75) is 96.9 Å². The maximum atomic E-state index is 3.72. The first-order valence-corrected chi connectivity index (χ1v) is 12.0. The first kappa shape index (κ1) is 25.3. The summed E-state index contributed by atoms with van der Waals surface area (Å²) in [6.07, 6.45) is 5.13. The van der Waals surface area contributed by atoms with Crippen LogP contribution in [0.4, 0.5) is 0 Å². The Morgan fingerprint density at radius 3 is 1.60 bits per heavy atom. The molecule has 0 unspecified atom stereocenters. The Balaban J connectivity index is 0.000000232. The highest BCUT2D eigenvalue weighted by molar-refractivity contribution is 5.14. The van der Waals surface area contributed by atoms with Crippen molar-refractivity contribution in [3.05, 3.63) is 35.9 Å². The van der Waals surface area contributed by atoms with E-state index in [2.05, 4.69) is 99.4 Å². The quantitative estimate of drug-likeness (QED) is 0.756. The molecule has 0 spiro atoms. The van der Waals surface area contributed by atoms with Crippen LogP contribution in [0, 0.1) is 0 Å². The molecular formula is C26H48N4. The lowest BCUT2D eigenvalue weighted by Gasteiger charge is -2.36. The molecule has 2 heterocycles. The Hall–Kier alpha value is -0.940. The number of piperidine rings is 2. The summed E-state index contributed by atoms with van der Waals surface area (Å²) in [5.41, 5.74) is 1.95. The minimum atomic E-state index is 0.242. The summed E-state index contributed by atoms with van der Waals surface area (Å²) in [6.45, 7) is 19.5. The van der Waals surface area contributed by atoms with E-state index < -0.39 is 0 Å². The maximum Gasteiger partial charge on any atom is 0.0233 e. The number of likely N-dealkylation sites (tertiary alicyclic amines) is 2. The zero-order chi connectivity index (χ0) is 22.2. The molecule has 0 radical (unpaired) electrons. The van der Waals surface area contributed by atoms with Gasteiger partial charge in [0.15, 0.2) is 0 Å². The highest BCUT2D eigenvalue weighted by Gasteiger charge is 2.23. The lowest BCUT2D eigenvalue weighted by Crippen LogP contribution is -2.49. The molecule has 2 N–H and O–H groups in total. The molecule has 2 fully saturated rings. The predicted octanol–water partition coefficient (Wildman–Crippen LogP) is 4.51. The van der Waals surface area contributed by atoms with Gasteiger partial charge in [-0.05, 0) is 106 Å². The highest BCUT2D eigenvalue weighted by Crippen LogP contribution is 2.16. The molecule has 30 heavy (non-hydrogen) atoms. The molecule has 0 saturated carbocycles. The molecule has 3 rings (SSSR count). The average Bonchev–Trinajstić information content (AvgIpc) is 2.64. The lowest BCUT2D eigenvalue weighted by molar-refractivity contribution is 0.175. The van der Waals surface area contributed by atoms with Crippen LogP contribution in [0.5, 0.6) is 0 Å². The van der Waals surface area contributed by atoms with Gasteiger partial charge in [-0.25, -0.2) is 0 Å². The summed E-state index contributed by atoms with van der Waals surface area (Å²) in [5, 5.41) is 7.37. The molecule has 0 aliphatic carbocycles. The zero-order valence-corrected chi connectivity index (χ0v) is 20.8. The van der Waals surface area contributed by atoms with Crippen molar-refractivity contribution in [2.24, 2.45) is 0 Å². The maximum absolute atomic E-state index is 3.72. The minimum Gasteiger partial charge on any atom is -0.309 e. The van der Waals surface area contributed by atoms with Crippen molar-refractivity contribution >= 4 is 0 Å². The van der Waals surface area contributed by atoms with Crippen LogP contribution in [0.1, 0.15) is 72.8 Å². The predicted molar refractivity (Wildman–Crippen MR) is 131 cm³/mol. The van der Waals surface area contributed by atoms with E-state index in [0.717, 1.165) is 12.6 Å². The second-order valence-corrected chi connectivity index (χ2v) is 11.4. The SMILES string of the molecule is CC(C)(C)NC1CCN(Cc2ccccc2)CC1.CN1CCC(NC(C)(C)C)CC1. The second kappa shape index (κ2) is 11.6. The van der Waals surface area contributed by atoms with Crippen molar-refractivity contribution in [3.63, 3.8) is 0 Å². The third-order valence-electron chi connectivity index (χ3n) is 5.83. The van der Waals surface area contributed by atoms with E-state index in [1.807, 2.05) is 0 Å². The highest BCUT2D eigenvalue weighted by atomic mass is 15.1. The molecule has 0 aromatic heterocycles. The minimum absolute atomic E-state index is 0.242. The monoisotopic (exact) mass is 416 g/mol. The number of nitrogens with zero attached hydrogens (tertiary/aromatic N) is 2. The van der Waals surface area contributed by atoms with Gasteiger partial charge >= 0.3 is 0 Å². The molecule has 0 bridgehead atoms. The smallest absolute Gasteiger partial charge is 0.0233 e. The Morgan fingerprint density at radius 2 is 1.17 bits per heavy atom. The lowest BCUT2D eigenvalue weighted by atomic mass is 9.99. The van der Waals surface area contributed by atoms with Gasteiger partial charge < -0.3 is 15.5 Å². The standard InChI is InChI=1S/C16H26N2.C10H22N2/c1-16(2,3)17-15-9-11-18(12-10-15)13-14-7-5-4-6-8-14;1-10(2,3)11-9-5-7-12(4)8-6-9/h4-8,15,17H,9-13H2,1-3H3;9,11H,5-8H2,1-4H3. The number of hydrogen-bond donors (Lipinski definition) is 2. The van der Waals surface area contributed by atoms with Crippen LogP contribution < -0.4 is 10.6 Å². The summed E-state index contributed by atoms with van der Waals surface area (Å²) in [7, 11) is 2.20. The Morgan fingerprint density at radius 1 is 0.733 bits per heavy atom. The van der Waals surface area contributed by atoms with Crippen molar-refractivity contribution in [3.8, 4) is 0 Å². The van der Waals surface area contributed by atoms with Gasteiger partial charge in [0.25, 0.3) is 0 Å². The average molecular weight is 417 g/mol. The van der Waals surface area contributed by atoms with Gasteiger partial charge in [-0.1, -0.05) is 30.3 Å². The van der Waals surface area contributed by atoms with Gasteiger partial charge in [0.05, 0.1) is 0 Å². The first-order valence-electron chi connectivity index (χ1n) is 12.0. The van der Waals surface area contributed by atoms with Crippen LogP contribution >= 0.6 is 0 Å². The summed E-state index contributed by atoms with van der Waals surface area (Å²) >= 11 is 0. The van der Waals surface area contributed by atoms with Gasteiger partial charge in [-0.15, -0.1) is 0 Å². The molecule has 0 atom stereocenters. The zero-order valence-electron chi connectivity index (χ0n) is 20.8. The van der Waals surface area contributed by atoms with E-state index in [1.54, 1.807) is 0 Å². The molecule has 2 aliphatic heterocycles. The van der Waals surface area contributed by atoms with Crippen LogP contribution in [0.15, 0.2) is 30.3 Å². The van der Waals surface area contributed by atoms with Crippen LogP contribution in [-0.2, 0) is 6.54 Å². The number of nitrogens with one attached hydrogen (secondary N) is 2. The fraction of sp³-hybridized carbons (Fsp3) is 0.769. The Labute approximate surface area is 186 Å². The van der Waals surface area contributed by atoms with Gasteiger partial charge in [0.1, 0.15) is 0 Å². The molecule has 4 nitrogen and oxygen atoms in total. The first-order chi connectivity index (χ1) is 14.0. The topological polar surface area (TPSA) is 30.5 Å². The number of hydrogen-bond acceptors (Lipinski definition) is 4. The van der Waals surface area contributed by atoms with E-state index in [0.29, 0.717) is 6.04 Å². The molecule has 172 valence electrons. The summed E-state index contributed by atoms with van der Waals surface area (Å²) in [5.74, 6) is 0. The second-order valence-electron chi connectivity index (χ2n) is 11.4. The van der Waals surface area contributed by atoms with Crippen LogP contribution in [0.25, 0.3) is 0 Å². The molecular weight excluding hydrogens is 368 g/mol. The van der Waals surface area contributed by atoms with Gasteiger partial charge in [-0.2, -0.15) is 0 Å². The van der Waals surface area contributed by atoms with Crippen LogP contribution in [-0.4, -0.2) is 66.2 Å². The molecule has 1 aromatic carbocycles. The summed E-state index contributed by atoms with van der Waals surface area (Å²) in [6, 6.07) is 12.2. The van der Waals surface area contributed by atoms with E-state index >= 15 is 0 Å². The van der Waals surface area contributed by atoms with Gasteiger partial charge in [0.2, 0.25) is 0 Å². The third-order valence-corrected chi connectivity index (χ3v) is 5.83. The molecule has 4 heteroatoms. The Kier molecular flexibility index (Phi) is 9.80. The molecule has 1 aromatic rings. The van der Waals surface area contributed by atoms with E-state index in [-0.39, 0.29) is 11.1 Å². The van der Waals surface area contributed by atoms with E-state index in [1.165, 1.54) is 57.4 Å². The fourth-order valence-electron chi connectivity index (χ4n) is 4.45. The van der Waals surface area contributed by atoms with E-state index in [9.17, 15) is 0 Å².